The van der Waals surface area contributed by atoms with Crippen LogP contribution in [0.2, 0.25) is 0 Å². The van der Waals surface area contributed by atoms with Crippen LogP contribution in [0.25, 0.3) is 5.69 Å². The van der Waals surface area contributed by atoms with Crippen molar-refractivity contribution in [2.75, 3.05) is 0 Å². The number of carboxylic acids is 1. The van der Waals surface area contributed by atoms with Crippen LogP contribution in [0.5, 0.6) is 0 Å². The van der Waals surface area contributed by atoms with Gasteiger partial charge in [0.25, 0.3) is 0 Å². The molecule has 1 N–H and O–H groups in total. The standard InChI is InChI=1S/C14H15BrN2O2/c1-14(2,13(18)19)9-10-4-5-12(11(15)8-10)17-7-3-6-16-17/h3-8H,9H2,1-2H3,(H,18,19). The number of halogens is 1. The molecular formula is C14H15BrN2O2. The molecule has 0 saturated carbocycles. The first-order valence-corrected chi connectivity index (χ1v) is 6.71. The van der Waals surface area contributed by atoms with Crippen LogP contribution in [0.15, 0.2) is 41.1 Å². The van der Waals surface area contributed by atoms with Crippen LogP contribution >= 0.6 is 15.9 Å². The molecule has 19 heavy (non-hydrogen) atoms. The normalized spacial score (nSPS) is 11.5. The molecule has 0 aliphatic heterocycles. The molecule has 0 saturated heterocycles. The third-order valence-electron chi connectivity index (χ3n) is 2.99. The van der Waals surface area contributed by atoms with Gasteiger partial charge in [0.15, 0.2) is 0 Å². The molecule has 0 bridgehead atoms. The number of hydrogen-bond acceptors (Lipinski definition) is 2. The van der Waals surface area contributed by atoms with E-state index in [-0.39, 0.29) is 0 Å². The molecule has 4 nitrogen and oxygen atoms in total. The van der Waals surface area contributed by atoms with Crippen molar-refractivity contribution in [1.82, 2.24) is 9.78 Å². The van der Waals surface area contributed by atoms with Gasteiger partial charge in [-0.3, -0.25) is 4.79 Å². The van der Waals surface area contributed by atoms with Crippen molar-refractivity contribution in [2.45, 2.75) is 20.3 Å². The Labute approximate surface area is 120 Å². The summed E-state index contributed by atoms with van der Waals surface area (Å²) in [5.74, 6) is -0.792. The molecule has 100 valence electrons. The van der Waals surface area contributed by atoms with Crippen LogP contribution in [0, 0.1) is 5.41 Å². The molecule has 0 aliphatic rings. The van der Waals surface area contributed by atoms with Crippen LogP contribution in [0.4, 0.5) is 0 Å². The summed E-state index contributed by atoms with van der Waals surface area (Å²) >= 11 is 3.50. The molecule has 5 heteroatoms. The van der Waals surface area contributed by atoms with Crippen molar-refractivity contribution < 1.29 is 9.90 Å². The number of nitrogens with zero attached hydrogens (tertiary/aromatic N) is 2. The molecule has 1 aromatic heterocycles. The number of aliphatic carboxylic acids is 1. The quantitative estimate of drug-likeness (QED) is 0.939. The molecule has 0 radical (unpaired) electrons. The molecule has 2 rings (SSSR count). The fraction of sp³-hybridized carbons (Fsp3) is 0.286. The molecule has 1 aromatic carbocycles. The highest BCUT2D eigenvalue weighted by atomic mass is 79.9. The van der Waals surface area contributed by atoms with Crippen molar-refractivity contribution >= 4 is 21.9 Å². The van der Waals surface area contributed by atoms with Gasteiger partial charge in [-0.2, -0.15) is 5.10 Å². The Morgan fingerprint density at radius 3 is 2.74 bits per heavy atom. The highest BCUT2D eigenvalue weighted by Gasteiger charge is 2.27. The van der Waals surface area contributed by atoms with Crippen LogP contribution in [-0.4, -0.2) is 20.9 Å². The maximum Gasteiger partial charge on any atom is 0.309 e. The smallest absolute Gasteiger partial charge is 0.309 e. The van der Waals surface area contributed by atoms with Gasteiger partial charge in [0.05, 0.1) is 11.1 Å². The third kappa shape index (κ3) is 3.04. The first-order chi connectivity index (χ1) is 8.90. The predicted molar refractivity (Wildman–Crippen MR) is 76.4 cm³/mol. The number of carbonyl (C=O) groups is 1. The summed E-state index contributed by atoms with van der Waals surface area (Å²) in [6, 6.07) is 7.67. The lowest BCUT2D eigenvalue weighted by Gasteiger charge is -2.19. The van der Waals surface area contributed by atoms with Crippen molar-refractivity contribution in [1.29, 1.82) is 0 Å². The van der Waals surface area contributed by atoms with E-state index in [0.29, 0.717) is 6.42 Å². The van der Waals surface area contributed by atoms with Gasteiger partial charge in [-0.25, -0.2) is 4.68 Å². The average molecular weight is 323 g/mol. The molecule has 0 fully saturated rings. The van der Waals surface area contributed by atoms with Crippen molar-refractivity contribution in [3.05, 3.63) is 46.7 Å². The zero-order valence-electron chi connectivity index (χ0n) is 10.8. The van der Waals surface area contributed by atoms with Crippen molar-refractivity contribution in [3.8, 4) is 5.69 Å². The van der Waals surface area contributed by atoms with Gasteiger partial charge in [0, 0.05) is 16.9 Å². The molecule has 2 aromatic rings. The summed E-state index contributed by atoms with van der Waals surface area (Å²) < 4.78 is 2.66. The maximum atomic E-state index is 11.1. The van der Waals surface area contributed by atoms with E-state index in [1.807, 2.05) is 30.5 Å². The summed E-state index contributed by atoms with van der Waals surface area (Å²) in [6.07, 6.45) is 4.06. The van der Waals surface area contributed by atoms with Gasteiger partial charge in [-0.1, -0.05) is 6.07 Å². The third-order valence-corrected chi connectivity index (χ3v) is 3.62. The van der Waals surface area contributed by atoms with Gasteiger partial charge in [-0.15, -0.1) is 0 Å². The molecule has 0 aliphatic carbocycles. The lowest BCUT2D eigenvalue weighted by molar-refractivity contribution is -0.146. The van der Waals surface area contributed by atoms with Gasteiger partial charge < -0.3 is 5.11 Å². The zero-order chi connectivity index (χ0) is 14.0. The second-order valence-electron chi connectivity index (χ2n) is 5.10. The zero-order valence-corrected chi connectivity index (χ0v) is 12.4. The van der Waals surface area contributed by atoms with E-state index >= 15 is 0 Å². The number of rotatable bonds is 4. The minimum atomic E-state index is -0.792. The van der Waals surface area contributed by atoms with Gasteiger partial charge in [0.2, 0.25) is 0 Å². The minimum absolute atomic E-state index is 0.486. The lowest BCUT2D eigenvalue weighted by Crippen LogP contribution is -2.26. The van der Waals surface area contributed by atoms with E-state index in [1.165, 1.54) is 0 Å². The lowest BCUT2D eigenvalue weighted by atomic mass is 9.86. The summed E-state index contributed by atoms with van der Waals surface area (Å²) in [7, 11) is 0. The van der Waals surface area contributed by atoms with E-state index in [1.54, 1.807) is 24.7 Å². The highest BCUT2D eigenvalue weighted by molar-refractivity contribution is 9.10. The number of aromatic nitrogens is 2. The Kier molecular flexibility index (Phi) is 3.75. The Hall–Kier alpha value is -1.62. The Balaban J connectivity index is 2.27. The van der Waals surface area contributed by atoms with Crippen LogP contribution in [0.1, 0.15) is 19.4 Å². The summed E-state index contributed by atoms with van der Waals surface area (Å²) in [5.41, 5.74) is 1.14. The minimum Gasteiger partial charge on any atom is -0.481 e. The highest BCUT2D eigenvalue weighted by Crippen LogP contribution is 2.27. The van der Waals surface area contributed by atoms with Crippen LogP contribution < -0.4 is 0 Å². The Morgan fingerprint density at radius 1 is 1.47 bits per heavy atom. The maximum absolute atomic E-state index is 11.1. The van der Waals surface area contributed by atoms with Crippen molar-refractivity contribution in [3.63, 3.8) is 0 Å². The van der Waals surface area contributed by atoms with E-state index in [2.05, 4.69) is 21.0 Å². The predicted octanol–water partition coefficient (Wildman–Crippen LogP) is 3.29. The van der Waals surface area contributed by atoms with Gasteiger partial charge in [-0.05, 0) is 60.0 Å². The first-order valence-electron chi connectivity index (χ1n) is 5.92. The summed E-state index contributed by atoms with van der Waals surface area (Å²) in [6.45, 7) is 3.45. The monoisotopic (exact) mass is 322 g/mol. The van der Waals surface area contributed by atoms with Gasteiger partial charge >= 0.3 is 5.97 Å². The van der Waals surface area contributed by atoms with Crippen LogP contribution in [0.3, 0.4) is 0 Å². The molecule has 0 atom stereocenters. The SMILES string of the molecule is CC(C)(Cc1ccc(-n2cccn2)c(Br)c1)C(=O)O. The number of carboxylic acid groups (broad SMARTS) is 1. The molecule has 0 amide bonds. The molecule has 0 unspecified atom stereocenters. The number of benzene rings is 1. The first kappa shape index (κ1) is 13.8. The van der Waals surface area contributed by atoms with Crippen molar-refractivity contribution in [2.24, 2.45) is 5.41 Å². The van der Waals surface area contributed by atoms with Gasteiger partial charge in [0.1, 0.15) is 0 Å². The molecule has 1 heterocycles. The van der Waals surface area contributed by atoms with Crippen LogP contribution in [-0.2, 0) is 11.2 Å². The topological polar surface area (TPSA) is 55.1 Å². The summed E-state index contributed by atoms with van der Waals surface area (Å²) in [4.78, 5) is 11.1. The second-order valence-corrected chi connectivity index (χ2v) is 5.96. The number of hydrogen-bond donors (Lipinski definition) is 1. The molecule has 0 spiro atoms. The summed E-state index contributed by atoms with van der Waals surface area (Å²) in [5, 5.41) is 13.3. The van der Waals surface area contributed by atoms with E-state index in [0.717, 1.165) is 15.7 Å². The van der Waals surface area contributed by atoms with E-state index < -0.39 is 11.4 Å². The van der Waals surface area contributed by atoms with E-state index in [4.69, 9.17) is 5.11 Å². The fourth-order valence-corrected chi connectivity index (χ4v) is 2.45. The Bertz CT molecular complexity index is 591. The second kappa shape index (κ2) is 5.17. The van der Waals surface area contributed by atoms with E-state index in [9.17, 15) is 4.79 Å². The largest absolute Gasteiger partial charge is 0.481 e. The fourth-order valence-electron chi connectivity index (χ4n) is 1.84. The average Bonchev–Trinajstić information content (AvgIpc) is 2.81. The Morgan fingerprint density at radius 2 is 2.21 bits per heavy atom. The molecular weight excluding hydrogens is 308 g/mol.